The Kier molecular flexibility index (Phi) is 3.70. The molecule has 3 rings (SSSR count). The number of imidazole rings is 1. The normalized spacial score (nSPS) is 11.0. The average molecular weight is 303 g/mol. The summed E-state index contributed by atoms with van der Waals surface area (Å²) < 4.78 is 15.3. The number of benzene rings is 1. The maximum Gasteiger partial charge on any atom is 0.272 e. The van der Waals surface area contributed by atoms with Gasteiger partial charge in [0, 0.05) is 25.2 Å². The molecule has 0 atom stereocenters. The highest BCUT2D eigenvalue weighted by molar-refractivity contribution is 7.15. The van der Waals surface area contributed by atoms with Crippen LogP contribution in [0.5, 0.6) is 0 Å². The number of hydrogen-bond donors (Lipinski definition) is 0. The molecule has 0 aliphatic heterocycles. The van der Waals surface area contributed by atoms with Crippen molar-refractivity contribution in [3.8, 4) is 0 Å². The van der Waals surface area contributed by atoms with Crippen LogP contribution in [0.3, 0.4) is 0 Å². The first-order valence-corrected chi connectivity index (χ1v) is 7.44. The first-order valence-electron chi connectivity index (χ1n) is 6.56. The van der Waals surface area contributed by atoms with E-state index < -0.39 is 0 Å². The third kappa shape index (κ3) is 2.67. The highest BCUT2D eigenvalue weighted by Crippen LogP contribution is 2.14. The third-order valence-electron chi connectivity index (χ3n) is 3.39. The lowest BCUT2D eigenvalue weighted by Gasteiger charge is -2.16. The summed E-state index contributed by atoms with van der Waals surface area (Å²) in [6.07, 6.45) is 3.89. The van der Waals surface area contributed by atoms with Gasteiger partial charge in [0.25, 0.3) is 5.91 Å². The summed E-state index contributed by atoms with van der Waals surface area (Å²) in [7, 11) is 1.72. The minimum atomic E-state index is -0.233. The van der Waals surface area contributed by atoms with Crippen LogP contribution >= 0.6 is 11.3 Å². The first-order chi connectivity index (χ1) is 10.2. The van der Waals surface area contributed by atoms with Crippen molar-refractivity contribution in [2.45, 2.75) is 6.42 Å². The van der Waals surface area contributed by atoms with Crippen LogP contribution < -0.4 is 0 Å². The fourth-order valence-electron chi connectivity index (χ4n) is 2.17. The topological polar surface area (TPSA) is 37.6 Å². The van der Waals surface area contributed by atoms with Crippen LogP contribution in [-0.2, 0) is 6.42 Å². The molecule has 0 radical (unpaired) electrons. The van der Waals surface area contributed by atoms with Crippen LogP contribution in [0.1, 0.15) is 16.1 Å². The number of halogens is 1. The number of likely N-dealkylation sites (N-methyl/N-ethyl adjacent to an activating group) is 1. The summed E-state index contributed by atoms with van der Waals surface area (Å²) in [6, 6.07) is 6.63. The van der Waals surface area contributed by atoms with E-state index in [4.69, 9.17) is 0 Å². The predicted octanol–water partition coefficient (Wildman–Crippen LogP) is 2.85. The van der Waals surface area contributed by atoms with Crippen molar-refractivity contribution in [1.82, 2.24) is 14.3 Å². The van der Waals surface area contributed by atoms with Crippen molar-refractivity contribution in [2.24, 2.45) is 0 Å². The lowest BCUT2D eigenvalue weighted by atomic mass is 10.1. The molecule has 0 aliphatic rings. The zero-order valence-electron chi connectivity index (χ0n) is 11.5. The predicted molar refractivity (Wildman–Crippen MR) is 80.1 cm³/mol. The molecule has 108 valence electrons. The second-order valence-electron chi connectivity index (χ2n) is 4.77. The molecule has 0 spiro atoms. The second-order valence-corrected chi connectivity index (χ2v) is 5.64. The van der Waals surface area contributed by atoms with E-state index in [-0.39, 0.29) is 11.7 Å². The number of nitrogens with zero attached hydrogens (tertiary/aromatic N) is 3. The maximum absolute atomic E-state index is 13.6. The van der Waals surface area contributed by atoms with Crippen molar-refractivity contribution in [3.63, 3.8) is 0 Å². The number of aromatic nitrogens is 2. The van der Waals surface area contributed by atoms with E-state index in [2.05, 4.69) is 4.98 Å². The first kappa shape index (κ1) is 13.8. The van der Waals surface area contributed by atoms with Crippen LogP contribution in [0.4, 0.5) is 4.39 Å². The lowest BCUT2D eigenvalue weighted by molar-refractivity contribution is 0.0789. The number of amides is 1. The molecule has 0 N–H and O–H groups in total. The second kappa shape index (κ2) is 5.65. The molecular formula is C15H14FN3OS. The summed E-state index contributed by atoms with van der Waals surface area (Å²) in [6.45, 7) is 0.455. The van der Waals surface area contributed by atoms with Gasteiger partial charge in [-0.1, -0.05) is 18.2 Å². The largest absolute Gasteiger partial charge is 0.340 e. The van der Waals surface area contributed by atoms with Crippen LogP contribution in [0, 0.1) is 5.82 Å². The molecule has 0 fully saturated rings. The molecule has 0 bridgehead atoms. The summed E-state index contributed by atoms with van der Waals surface area (Å²) in [4.78, 5) is 19.0. The Morgan fingerprint density at radius 1 is 1.43 bits per heavy atom. The average Bonchev–Trinajstić information content (AvgIpc) is 3.08. The van der Waals surface area contributed by atoms with Gasteiger partial charge >= 0.3 is 0 Å². The van der Waals surface area contributed by atoms with Crippen molar-refractivity contribution in [3.05, 3.63) is 59.1 Å². The van der Waals surface area contributed by atoms with E-state index in [1.165, 1.54) is 17.4 Å². The van der Waals surface area contributed by atoms with E-state index >= 15 is 0 Å². The molecule has 0 unspecified atom stereocenters. The Balaban J connectivity index is 1.71. The van der Waals surface area contributed by atoms with Gasteiger partial charge in [0.2, 0.25) is 0 Å². The molecule has 21 heavy (non-hydrogen) atoms. The standard InChI is InChI=1S/C15H14FN3OS/c1-18(7-6-11-4-2-3-5-12(11)16)14(20)13-10-17-15-19(13)8-9-21-15/h2-5,8-10H,6-7H2,1H3. The number of hydrogen-bond acceptors (Lipinski definition) is 3. The smallest absolute Gasteiger partial charge is 0.272 e. The van der Waals surface area contributed by atoms with Gasteiger partial charge in [-0.3, -0.25) is 9.20 Å². The minimum Gasteiger partial charge on any atom is -0.340 e. The molecule has 0 aliphatic carbocycles. The highest BCUT2D eigenvalue weighted by atomic mass is 32.1. The molecule has 4 nitrogen and oxygen atoms in total. The van der Waals surface area contributed by atoms with Gasteiger partial charge in [0.1, 0.15) is 11.5 Å². The zero-order chi connectivity index (χ0) is 14.8. The molecule has 6 heteroatoms. The molecule has 2 aromatic heterocycles. The van der Waals surface area contributed by atoms with E-state index in [9.17, 15) is 9.18 Å². The fraction of sp³-hybridized carbons (Fsp3) is 0.200. The molecule has 0 saturated carbocycles. The van der Waals surface area contributed by atoms with Gasteiger partial charge < -0.3 is 4.90 Å². The molecular weight excluding hydrogens is 289 g/mol. The van der Waals surface area contributed by atoms with E-state index in [1.54, 1.807) is 40.7 Å². The van der Waals surface area contributed by atoms with Crippen molar-refractivity contribution >= 4 is 22.2 Å². The van der Waals surface area contributed by atoms with Gasteiger partial charge in [-0.15, -0.1) is 11.3 Å². The SMILES string of the molecule is CN(CCc1ccccc1F)C(=O)c1cnc2sccn12. The molecule has 1 aromatic carbocycles. The molecule has 2 heterocycles. The van der Waals surface area contributed by atoms with Crippen LogP contribution in [0.15, 0.2) is 42.0 Å². The van der Waals surface area contributed by atoms with Gasteiger partial charge in [-0.2, -0.15) is 0 Å². The Morgan fingerprint density at radius 3 is 3.05 bits per heavy atom. The highest BCUT2D eigenvalue weighted by Gasteiger charge is 2.17. The number of carbonyl (C=O) groups excluding carboxylic acids is 1. The Bertz CT molecular complexity index is 780. The third-order valence-corrected chi connectivity index (χ3v) is 4.16. The minimum absolute atomic E-state index is 0.114. The molecule has 1 amide bonds. The molecule has 3 aromatic rings. The van der Waals surface area contributed by atoms with E-state index in [0.29, 0.717) is 24.2 Å². The van der Waals surface area contributed by atoms with Crippen molar-refractivity contribution in [2.75, 3.05) is 13.6 Å². The number of thiazole rings is 1. The lowest BCUT2D eigenvalue weighted by Crippen LogP contribution is -2.29. The van der Waals surface area contributed by atoms with Gasteiger partial charge in [0.15, 0.2) is 4.96 Å². The number of carbonyl (C=O) groups is 1. The van der Waals surface area contributed by atoms with Crippen LogP contribution in [0.25, 0.3) is 4.96 Å². The van der Waals surface area contributed by atoms with Gasteiger partial charge in [-0.25, -0.2) is 9.37 Å². The maximum atomic E-state index is 13.6. The monoisotopic (exact) mass is 303 g/mol. The van der Waals surface area contributed by atoms with Crippen LogP contribution in [0.2, 0.25) is 0 Å². The van der Waals surface area contributed by atoms with Crippen molar-refractivity contribution in [1.29, 1.82) is 0 Å². The number of fused-ring (bicyclic) bond motifs is 1. The number of rotatable bonds is 4. The van der Waals surface area contributed by atoms with Gasteiger partial charge in [-0.05, 0) is 18.1 Å². The Morgan fingerprint density at radius 2 is 2.24 bits per heavy atom. The zero-order valence-corrected chi connectivity index (χ0v) is 12.3. The van der Waals surface area contributed by atoms with E-state index in [0.717, 1.165) is 4.96 Å². The van der Waals surface area contributed by atoms with Crippen molar-refractivity contribution < 1.29 is 9.18 Å². The summed E-state index contributed by atoms with van der Waals surface area (Å²) >= 11 is 1.48. The quantitative estimate of drug-likeness (QED) is 0.743. The Hall–Kier alpha value is -2.21. The summed E-state index contributed by atoms with van der Waals surface area (Å²) in [5.41, 5.74) is 1.15. The summed E-state index contributed by atoms with van der Waals surface area (Å²) in [5, 5.41) is 1.89. The fourth-order valence-corrected chi connectivity index (χ4v) is 2.86. The van der Waals surface area contributed by atoms with E-state index in [1.807, 2.05) is 11.6 Å². The molecule has 0 saturated heterocycles. The Labute approximate surface area is 125 Å². The summed E-state index contributed by atoms with van der Waals surface area (Å²) in [5.74, 6) is -0.347. The van der Waals surface area contributed by atoms with Crippen LogP contribution in [-0.4, -0.2) is 33.8 Å². The van der Waals surface area contributed by atoms with Gasteiger partial charge in [0.05, 0.1) is 6.20 Å².